The Kier molecular flexibility index (Phi) is 4.21. The summed E-state index contributed by atoms with van der Waals surface area (Å²) in [4.78, 5) is 11.9. The molecule has 1 aromatic carbocycles. The highest BCUT2D eigenvalue weighted by Crippen LogP contribution is 2.35. The third kappa shape index (κ3) is 2.71. The monoisotopic (exact) mass is 318 g/mol. The molecule has 1 nitrogen and oxygen atoms in total. The van der Waals surface area contributed by atoms with Gasteiger partial charge in [0.15, 0.2) is 0 Å². The molecule has 17 heavy (non-hydrogen) atoms. The summed E-state index contributed by atoms with van der Waals surface area (Å²) in [6, 6.07) is 3.37. The fraction of sp³-hybridized carbons (Fsp3) is 0.462. The Bertz CT molecular complexity index is 447. The van der Waals surface area contributed by atoms with Crippen LogP contribution in [-0.4, -0.2) is 5.78 Å². The second kappa shape index (κ2) is 5.49. The van der Waals surface area contributed by atoms with Crippen molar-refractivity contribution in [3.63, 3.8) is 0 Å². The lowest BCUT2D eigenvalue weighted by Gasteiger charge is -2.15. The van der Waals surface area contributed by atoms with E-state index in [9.17, 15) is 9.18 Å². The molecule has 0 saturated heterocycles. The number of rotatable bonds is 1. The Morgan fingerprint density at radius 1 is 1.29 bits per heavy atom. The lowest BCUT2D eigenvalue weighted by Crippen LogP contribution is -2.12. The van der Waals surface area contributed by atoms with E-state index in [1.807, 2.05) is 0 Å². The van der Waals surface area contributed by atoms with Gasteiger partial charge in [-0.25, -0.2) is 4.39 Å². The molecule has 0 bridgehead atoms. The Morgan fingerprint density at radius 2 is 2.06 bits per heavy atom. The number of hydrogen-bond donors (Lipinski definition) is 0. The SMILES string of the molecule is O=C1CCCCCC1c1ccc(Br)c(Cl)c1F. The standard InChI is InChI=1S/C13H13BrClFO/c14-10-7-6-9(13(16)12(10)15)8-4-2-1-3-5-11(8)17/h6-8H,1-5H2. The normalized spacial score (nSPS) is 21.4. The Morgan fingerprint density at radius 3 is 2.82 bits per heavy atom. The average Bonchev–Trinajstić information content (AvgIpc) is 2.52. The number of carbonyl (C=O) groups excluding carboxylic acids is 1. The number of hydrogen-bond acceptors (Lipinski definition) is 1. The lowest BCUT2D eigenvalue weighted by atomic mass is 9.90. The minimum atomic E-state index is -0.457. The third-order valence-electron chi connectivity index (χ3n) is 3.25. The van der Waals surface area contributed by atoms with E-state index in [1.165, 1.54) is 0 Å². The van der Waals surface area contributed by atoms with E-state index >= 15 is 0 Å². The summed E-state index contributed by atoms with van der Waals surface area (Å²) in [5.41, 5.74) is 0.449. The zero-order valence-corrected chi connectivity index (χ0v) is 11.7. The molecule has 0 amide bonds. The molecule has 2 rings (SSSR count). The van der Waals surface area contributed by atoms with E-state index in [1.54, 1.807) is 12.1 Å². The van der Waals surface area contributed by atoms with Gasteiger partial charge in [0.05, 0.1) is 5.02 Å². The molecule has 1 aliphatic rings. The van der Waals surface area contributed by atoms with Crippen LogP contribution < -0.4 is 0 Å². The van der Waals surface area contributed by atoms with Gasteiger partial charge in [-0.1, -0.05) is 30.5 Å². The van der Waals surface area contributed by atoms with Gasteiger partial charge in [0, 0.05) is 16.8 Å². The van der Waals surface area contributed by atoms with Crippen molar-refractivity contribution in [2.75, 3.05) is 0 Å². The summed E-state index contributed by atoms with van der Waals surface area (Å²) in [5, 5.41) is 0.0690. The number of ketones is 1. The first-order valence-corrected chi connectivity index (χ1v) is 6.94. The van der Waals surface area contributed by atoms with Crippen molar-refractivity contribution in [1.82, 2.24) is 0 Å². The molecule has 1 unspecified atom stereocenters. The van der Waals surface area contributed by atoms with E-state index in [4.69, 9.17) is 11.6 Å². The van der Waals surface area contributed by atoms with Gasteiger partial charge in [-0.05, 0) is 40.4 Å². The highest BCUT2D eigenvalue weighted by Gasteiger charge is 2.26. The summed E-state index contributed by atoms with van der Waals surface area (Å²) in [7, 11) is 0. The minimum absolute atomic E-state index is 0.0690. The van der Waals surface area contributed by atoms with Crippen molar-refractivity contribution in [2.45, 2.75) is 38.0 Å². The minimum Gasteiger partial charge on any atom is -0.299 e. The molecule has 0 heterocycles. The number of benzene rings is 1. The second-order valence-electron chi connectivity index (χ2n) is 4.38. The van der Waals surface area contributed by atoms with E-state index in [0.717, 1.165) is 25.7 Å². The largest absolute Gasteiger partial charge is 0.299 e. The zero-order chi connectivity index (χ0) is 12.4. The first kappa shape index (κ1) is 13.0. The van der Waals surface area contributed by atoms with E-state index < -0.39 is 5.82 Å². The van der Waals surface area contributed by atoms with Crippen LogP contribution in [0.4, 0.5) is 4.39 Å². The van der Waals surface area contributed by atoms with Gasteiger partial charge < -0.3 is 0 Å². The van der Waals surface area contributed by atoms with Crippen LogP contribution in [0.25, 0.3) is 0 Å². The summed E-state index contributed by atoms with van der Waals surface area (Å²) in [6.45, 7) is 0. The molecule has 92 valence electrons. The lowest BCUT2D eigenvalue weighted by molar-refractivity contribution is -0.120. The van der Waals surface area contributed by atoms with Crippen LogP contribution >= 0.6 is 27.5 Å². The maximum Gasteiger partial charge on any atom is 0.146 e. The van der Waals surface area contributed by atoms with Gasteiger partial charge >= 0.3 is 0 Å². The Hall–Kier alpha value is -0.410. The van der Waals surface area contributed by atoms with Crippen molar-refractivity contribution < 1.29 is 9.18 Å². The smallest absolute Gasteiger partial charge is 0.146 e. The predicted octanol–water partition coefficient (Wildman–Crippen LogP) is 4.86. The van der Waals surface area contributed by atoms with Crippen molar-refractivity contribution in [2.24, 2.45) is 0 Å². The van der Waals surface area contributed by atoms with Crippen molar-refractivity contribution >= 4 is 33.3 Å². The molecule has 1 fully saturated rings. The van der Waals surface area contributed by atoms with Crippen LogP contribution in [0, 0.1) is 5.82 Å². The highest BCUT2D eigenvalue weighted by atomic mass is 79.9. The van der Waals surface area contributed by atoms with Gasteiger partial charge in [0.1, 0.15) is 11.6 Å². The zero-order valence-electron chi connectivity index (χ0n) is 9.31. The molecule has 0 N–H and O–H groups in total. The van der Waals surface area contributed by atoms with E-state index in [-0.39, 0.29) is 16.7 Å². The topological polar surface area (TPSA) is 17.1 Å². The summed E-state index contributed by atoms with van der Waals surface area (Å²) >= 11 is 9.04. The maximum atomic E-state index is 14.0. The molecule has 1 aromatic rings. The molecule has 0 aliphatic heterocycles. The highest BCUT2D eigenvalue weighted by molar-refractivity contribution is 9.10. The molecule has 1 aliphatic carbocycles. The van der Waals surface area contributed by atoms with Crippen molar-refractivity contribution in [3.8, 4) is 0 Å². The van der Waals surface area contributed by atoms with Gasteiger partial charge in [-0.2, -0.15) is 0 Å². The quantitative estimate of drug-likeness (QED) is 0.534. The van der Waals surface area contributed by atoms with Gasteiger partial charge in [-0.15, -0.1) is 0 Å². The second-order valence-corrected chi connectivity index (χ2v) is 5.62. The molecule has 0 radical (unpaired) electrons. The first-order chi connectivity index (χ1) is 8.11. The van der Waals surface area contributed by atoms with Gasteiger partial charge in [0.2, 0.25) is 0 Å². The first-order valence-electron chi connectivity index (χ1n) is 5.77. The Labute approximate surface area is 113 Å². The molecule has 4 heteroatoms. The van der Waals surface area contributed by atoms with Crippen LogP contribution in [0.5, 0.6) is 0 Å². The molecular formula is C13H13BrClFO. The summed E-state index contributed by atoms with van der Waals surface area (Å²) in [6.07, 6.45) is 4.23. The summed E-state index contributed by atoms with van der Waals surface area (Å²) < 4.78 is 14.6. The van der Waals surface area contributed by atoms with Crippen LogP contribution in [0.15, 0.2) is 16.6 Å². The van der Waals surface area contributed by atoms with Crippen LogP contribution in [0.2, 0.25) is 5.02 Å². The van der Waals surface area contributed by atoms with Crippen molar-refractivity contribution in [1.29, 1.82) is 0 Å². The van der Waals surface area contributed by atoms with E-state index in [0.29, 0.717) is 16.5 Å². The molecular weight excluding hydrogens is 306 g/mol. The van der Waals surface area contributed by atoms with Gasteiger partial charge in [-0.3, -0.25) is 4.79 Å². The molecule has 0 spiro atoms. The van der Waals surface area contributed by atoms with Crippen LogP contribution in [0.3, 0.4) is 0 Å². The summed E-state index contributed by atoms with van der Waals surface area (Å²) in [5.74, 6) is -0.635. The van der Waals surface area contributed by atoms with E-state index in [2.05, 4.69) is 15.9 Å². The average molecular weight is 320 g/mol. The fourth-order valence-corrected chi connectivity index (χ4v) is 2.78. The predicted molar refractivity (Wildman–Crippen MR) is 69.9 cm³/mol. The Balaban J connectivity index is 2.38. The molecule has 1 atom stereocenters. The van der Waals surface area contributed by atoms with Gasteiger partial charge in [0.25, 0.3) is 0 Å². The third-order valence-corrected chi connectivity index (χ3v) is 4.50. The number of halogens is 3. The van der Waals surface area contributed by atoms with Crippen LogP contribution in [-0.2, 0) is 4.79 Å². The maximum absolute atomic E-state index is 14.0. The fourth-order valence-electron chi connectivity index (χ4n) is 2.30. The number of carbonyl (C=O) groups is 1. The molecule has 0 aromatic heterocycles. The van der Waals surface area contributed by atoms with Crippen molar-refractivity contribution in [3.05, 3.63) is 33.0 Å². The number of Topliss-reactive ketones (excluding diaryl/α,β-unsaturated/α-hetero) is 1. The van der Waals surface area contributed by atoms with Crippen LogP contribution in [0.1, 0.15) is 43.6 Å². The molecule has 1 saturated carbocycles.